The molecule has 0 saturated carbocycles. The molecule has 0 spiro atoms. The zero-order chi connectivity index (χ0) is 19.7. The quantitative estimate of drug-likeness (QED) is 0.676. The molecular weight excluding hydrogens is 358 g/mol. The molecule has 144 valence electrons. The molecule has 6 heteroatoms. The maximum atomic E-state index is 14.0. The largest absolute Gasteiger partial charge is 0.366 e. The van der Waals surface area contributed by atoms with Crippen LogP contribution in [0.15, 0.2) is 48.8 Å². The monoisotopic (exact) mass is 380 g/mol. The van der Waals surface area contributed by atoms with Gasteiger partial charge in [-0.25, -0.2) is 13.8 Å². The predicted octanol–water partition coefficient (Wildman–Crippen LogP) is 4.37. The minimum atomic E-state index is -0.557. The summed E-state index contributed by atoms with van der Waals surface area (Å²) in [6.07, 6.45) is 3.54. The standard InChI is InChI=1S/C22H22F2N4/c1-15-9-16(2)11-17(10-15)20-13-25-14-22(26-20)28-7-5-27(6-8-28)21-4-3-18(23)12-19(21)24/h3-4,9-14H,5-8H2,1-2H3. The van der Waals surface area contributed by atoms with Crippen molar-refractivity contribution in [3.63, 3.8) is 0 Å². The van der Waals surface area contributed by atoms with E-state index in [4.69, 9.17) is 4.98 Å². The van der Waals surface area contributed by atoms with Crippen LogP contribution in [0.3, 0.4) is 0 Å². The van der Waals surface area contributed by atoms with Crippen LogP contribution < -0.4 is 9.80 Å². The molecule has 0 N–H and O–H groups in total. The summed E-state index contributed by atoms with van der Waals surface area (Å²) in [5, 5.41) is 0. The molecule has 3 aromatic rings. The van der Waals surface area contributed by atoms with Gasteiger partial charge in [-0.1, -0.05) is 17.2 Å². The molecule has 2 aromatic carbocycles. The molecule has 1 aromatic heterocycles. The van der Waals surface area contributed by atoms with Crippen LogP contribution in [0.2, 0.25) is 0 Å². The number of hydrogen-bond donors (Lipinski definition) is 0. The molecule has 1 aliphatic heterocycles. The molecule has 0 bridgehead atoms. The van der Waals surface area contributed by atoms with Gasteiger partial charge in [-0.05, 0) is 38.1 Å². The molecule has 0 atom stereocenters. The number of aromatic nitrogens is 2. The topological polar surface area (TPSA) is 32.3 Å². The van der Waals surface area contributed by atoms with Gasteiger partial charge < -0.3 is 9.80 Å². The number of benzene rings is 2. The Morgan fingerprint density at radius 3 is 2.18 bits per heavy atom. The van der Waals surface area contributed by atoms with Crippen LogP contribution in [0, 0.1) is 25.5 Å². The van der Waals surface area contributed by atoms with Gasteiger partial charge in [-0.2, -0.15) is 0 Å². The highest BCUT2D eigenvalue weighted by molar-refractivity contribution is 5.62. The number of hydrogen-bond acceptors (Lipinski definition) is 4. The van der Waals surface area contributed by atoms with E-state index >= 15 is 0 Å². The number of aryl methyl sites for hydroxylation is 2. The zero-order valence-electron chi connectivity index (χ0n) is 16.0. The van der Waals surface area contributed by atoms with E-state index in [0.29, 0.717) is 31.9 Å². The van der Waals surface area contributed by atoms with E-state index < -0.39 is 11.6 Å². The third kappa shape index (κ3) is 3.81. The van der Waals surface area contributed by atoms with Crippen molar-refractivity contribution >= 4 is 11.5 Å². The summed E-state index contributed by atoms with van der Waals surface area (Å²) in [7, 11) is 0. The molecule has 1 fully saturated rings. The molecule has 28 heavy (non-hydrogen) atoms. The first-order chi connectivity index (χ1) is 13.5. The lowest BCUT2D eigenvalue weighted by atomic mass is 10.1. The fraction of sp³-hybridized carbons (Fsp3) is 0.273. The Hall–Kier alpha value is -3.02. The zero-order valence-corrected chi connectivity index (χ0v) is 16.0. The summed E-state index contributed by atoms with van der Waals surface area (Å²) >= 11 is 0. The SMILES string of the molecule is Cc1cc(C)cc(-c2cncc(N3CCN(c4ccc(F)cc4F)CC3)n2)c1. The average Bonchev–Trinajstić information content (AvgIpc) is 2.68. The molecule has 0 unspecified atom stereocenters. The highest BCUT2D eigenvalue weighted by Crippen LogP contribution is 2.25. The van der Waals surface area contributed by atoms with Crippen LogP contribution in [0.25, 0.3) is 11.3 Å². The average molecular weight is 380 g/mol. The van der Waals surface area contributed by atoms with E-state index in [1.165, 1.54) is 23.3 Å². The van der Waals surface area contributed by atoms with Gasteiger partial charge in [0.05, 0.1) is 23.8 Å². The number of rotatable bonds is 3. The van der Waals surface area contributed by atoms with Gasteiger partial charge in [0.25, 0.3) is 0 Å². The van der Waals surface area contributed by atoms with Crippen LogP contribution in [0.4, 0.5) is 20.3 Å². The third-order valence-electron chi connectivity index (χ3n) is 4.99. The fourth-order valence-corrected chi connectivity index (χ4v) is 3.68. The lowest BCUT2D eigenvalue weighted by Gasteiger charge is -2.36. The first kappa shape index (κ1) is 18.3. The first-order valence-electron chi connectivity index (χ1n) is 9.35. The number of anilines is 2. The minimum absolute atomic E-state index is 0.441. The van der Waals surface area contributed by atoms with Crippen molar-refractivity contribution in [2.75, 3.05) is 36.0 Å². The summed E-state index contributed by atoms with van der Waals surface area (Å²) in [5.41, 5.74) is 4.72. The Labute approximate surface area is 163 Å². The summed E-state index contributed by atoms with van der Waals surface area (Å²) in [6, 6.07) is 10.1. The molecule has 4 rings (SSSR count). The van der Waals surface area contributed by atoms with Crippen LogP contribution in [0.1, 0.15) is 11.1 Å². The van der Waals surface area contributed by atoms with Gasteiger partial charge in [0, 0.05) is 37.8 Å². The Balaban J connectivity index is 1.50. The van der Waals surface area contributed by atoms with Gasteiger partial charge in [0.1, 0.15) is 17.5 Å². The van der Waals surface area contributed by atoms with Crippen molar-refractivity contribution in [1.29, 1.82) is 0 Å². The van der Waals surface area contributed by atoms with Crippen molar-refractivity contribution in [1.82, 2.24) is 9.97 Å². The Bertz CT molecular complexity index is 977. The maximum Gasteiger partial charge on any atom is 0.149 e. The van der Waals surface area contributed by atoms with Crippen LogP contribution in [0.5, 0.6) is 0 Å². The lowest BCUT2D eigenvalue weighted by Crippen LogP contribution is -2.47. The van der Waals surface area contributed by atoms with Gasteiger partial charge in [-0.3, -0.25) is 4.98 Å². The number of halogens is 2. The molecule has 2 heterocycles. The summed E-state index contributed by atoms with van der Waals surface area (Å²) in [6.45, 7) is 6.81. The molecule has 4 nitrogen and oxygen atoms in total. The summed E-state index contributed by atoms with van der Waals surface area (Å²) in [4.78, 5) is 13.3. The van der Waals surface area contributed by atoms with E-state index in [-0.39, 0.29) is 0 Å². The summed E-state index contributed by atoms with van der Waals surface area (Å²) < 4.78 is 27.2. The Morgan fingerprint density at radius 2 is 1.50 bits per heavy atom. The maximum absolute atomic E-state index is 14.0. The molecule has 1 saturated heterocycles. The van der Waals surface area contributed by atoms with Crippen molar-refractivity contribution in [3.8, 4) is 11.3 Å². The highest BCUT2D eigenvalue weighted by Gasteiger charge is 2.21. The van der Waals surface area contributed by atoms with Gasteiger partial charge >= 0.3 is 0 Å². The molecule has 1 aliphatic rings. The second-order valence-corrected chi connectivity index (χ2v) is 7.21. The predicted molar refractivity (Wildman–Crippen MR) is 108 cm³/mol. The lowest BCUT2D eigenvalue weighted by molar-refractivity contribution is 0.570. The second kappa shape index (κ2) is 7.54. The van der Waals surface area contributed by atoms with E-state index in [1.54, 1.807) is 12.4 Å². The Kier molecular flexibility index (Phi) is 4.94. The smallest absolute Gasteiger partial charge is 0.149 e. The third-order valence-corrected chi connectivity index (χ3v) is 4.99. The van der Waals surface area contributed by atoms with Crippen LogP contribution >= 0.6 is 0 Å². The van der Waals surface area contributed by atoms with Gasteiger partial charge in [0.15, 0.2) is 0 Å². The highest BCUT2D eigenvalue weighted by atomic mass is 19.1. The van der Waals surface area contributed by atoms with E-state index in [2.05, 4.69) is 41.9 Å². The normalized spacial score (nSPS) is 14.4. The summed E-state index contributed by atoms with van der Waals surface area (Å²) in [5.74, 6) is -0.265. The van der Waals surface area contributed by atoms with Crippen molar-refractivity contribution in [3.05, 3.63) is 71.6 Å². The van der Waals surface area contributed by atoms with Crippen molar-refractivity contribution < 1.29 is 8.78 Å². The van der Waals surface area contributed by atoms with E-state index in [1.807, 2.05) is 4.90 Å². The molecule has 0 aliphatic carbocycles. The fourth-order valence-electron chi connectivity index (χ4n) is 3.68. The van der Waals surface area contributed by atoms with E-state index in [9.17, 15) is 8.78 Å². The number of nitrogens with zero attached hydrogens (tertiary/aromatic N) is 4. The number of piperazine rings is 1. The molecule has 0 amide bonds. The Morgan fingerprint density at radius 1 is 0.821 bits per heavy atom. The van der Waals surface area contributed by atoms with Gasteiger partial charge in [-0.15, -0.1) is 0 Å². The first-order valence-corrected chi connectivity index (χ1v) is 9.35. The van der Waals surface area contributed by atoms with Crippen LogP contribution in [-0.2, 0) is 0 Å². The molecule has 0 radical (unpaired) electrons. The second-order valence-electron chi connectivity index (χ2n) is 7.21. The van der Waals surface area contributed by atoms with Crippen molar-refractivity contribution in [2.45, 2.75) is 13.8 Å². The van der Waals surface area contributed by atoms with Crippen molar-refractivity contribution in [2.24, 2.45) is 0 Å². The van der Waals surface area contributed by atoms with E-state index in [0.717, 1.165) is 23.1 Å². The minimum Gasteiger partial charge on any atom is -0.366 e. The van der Waals surface area contributed by atoms with Crippen LogP contribution in [-0.4, -0.2) is 36.1 Å². The molecular formula is C22H22F2N4. The van der Waals surface area contributed by atoms with Gasteiger partial charge in [0.2, 0.25) is 0 Å².